The zero-order valence-electron chi connectivity index (χ0n) is 7.77. The maximum absolute atomic E-state index is 3.46. The quantitative estimate of drug-likeness (QED) is 0.608. The van der Waals surface area contributed by atoms with E-state index in [-0.39, 0.29) is 0 Å². The van der Waals surface area contributed by atoms with Crippen LogP contribution < -0.4 is 5.32 Å². The van der Waals surface area contributed by atoms with Crippen molar-refractivity contribution in [1.29, 1.82) is 0 Å². The van der Waals surface area contributed by atoms with E-state index in [0.29, 0.717) is 10.9 Å². The average molecular weight is 175 g/mol. The summed E-state index contributed by atoms with van der Waals surface area (Å²) >= 11 is 0. The van der Waals surface area contributed by atoms with Gasteiger partial charge in [0.15, 0.2) is 0 Å². The van der Waals surface area contributed by atoms with Crippen LogP contribution in [0.4, 0.5) is 0 Å². The minimum absolute atomic E-state index is 0.337. The minimum Gasteiger partial charge on any atom is -0.317 e. The molecule has 0 aromatic rings. The monoisotopic (exact) mass is 175 g/mol. The highest BCUT2D eigenvalue weighted by atomic mass is 32.2. The summed E-state index contributed by atoms with van der Waals surface area (Å²) < 4.78 is 0. The van der Waals surface area contributed by atoms with Crippen LogP contribution in [-0.2, 0) is 0 Å². The Morgan fingerprint density at radius 1 is 1.27 bits per heavy atom. The molecule has 1 atom stereocenters. The molecule has 0 aromatic carbocycles. The lowest BCUT2D eigenvalue weighted by atomic mass is 10.0. The van der Waals surface area contributed by atoms with Crippen LogP contribution in [0.15, 0.2) is 0 Å². The van der Waals surface area contributed by atoms with Crippen LogP contribution in [0, 0.1) is 5.92 Å². The van der Waals surface area contributed by atoms with E-state index in [1.807, 2.05) is 0 Å². The summed E-state index contributed by atoms with van der Waals surface area (Å²) in [5, 5.41) is 3.46. The Morgan fingerprint density at radius 2 is 2.09 bits per heavy atom. The molecule has 0 radical (unpaired) electrons. The van der Waals surface area contributed by atoms with E-state index in [4.69, 9.17) is 0 Å². The van der Waals surface area contributed by atoms with Gasteiger partial charge in [0.25, 0.3) is 0 Å². The second kappa shape index (κ2) is 5.04. The predicted octanol–water partition coefficient (Wildman–Crippen LogP) is 1.64. The number of hydrogen-bond donors (Lipinski definition) is 2. The van der Waals surface area contributed by atoms with Crippen molar-refractivity contribution in [2.24, 2.45) is 5.92 Å². The lowest BCUT2D eigenvalue weighted by Gasteiger charge is -2.18. The molecule has 1 aliphatic rings. The second-order valence-electron chi connectivity index (χ2n) is 3.81. The highest BCUT2D eigenvalue weighted by Crippen LogP contribution is 2.24. The van der Waals surface area contributed by atoms with Crippen molar-refractivity contribution in [3.8, 4) is 0 Å². The Labute approximate surface area is 73.3 Å². The molecular formula is C9H21NS. The molecular weight excluding hydrogens is 154 g/mol. The first-order valence-electron chi connectivity index (χ1n) is 4.64. The highest BCUT2D eigenvalue weighted by molar-refractivity contribution is 8.15. The predicted molar refractivity (Wildman–Crippen MR) is 55.9 cm³/mol. The van der Waals surface area contributed by atoms with Crippen LogP contribution in [0.5, 0.6) is 0 Å². The Hall–Kier alpha value is 0.310. The molecule has 0 spiro atoms. The SMILES string of the molecule is C[SH](C)CC1CCCNCC1. The van der Waals surface area contributed by atoms with Gasteiger partial charge in [-0.2, -0.15) is 0 Å². The van der Waals surface area contributed by atoms with Gasteiger partial charge in [0.2, 0.25) is 0 Å². The third kappa shape index (κ3) is 4.02. The van der Waals surface area contributed by atoms with E-state index in [1.54, 1.807) is 0 Å². The van der Waals surface area contributed by atoms with Gasteiger partial charge < -0.3 is 5.32 Å². The Kier molecular flexibility index (Phi) is 4.31. The van der Waals surface area contributed by atoms with E-state index in [9.17, 15) is 0 Å². The van der Waals surface area contributed by atoms with Crippen LogP contribution in [0.2, 0.25) is 0 Å². The number of hydrogen-bond acceptors (Lipinski definition) is 1. The number of thiol groups is 1. The molecule has 1 nitrogen and oxygen atoms in total. The van der Waals surface area contributed by atoms with Gasteiger partial charge in [-0.1, -0.05) is 0 Å². The third-order valence-electron chi connectivity index (χ3n) is 2.32. The van der Waals surface area contributed by atoms with Crippen LogP contribution in [0.3, 0.4) is 0 Å². The van der Waals surface area contributed by atoms with Crippen molar-refractivity contribution >= 4 is 10.9 Å². The smallest absolute Gasteiger partial charge is 0.00460 e. The number of rotatable bonds is 2. The first kappa shape index (κ1) is 9.40. The fourth-order valence-corrected chi connectivity index (χ4v) is 3.19. The van der Waals surface area contributed by atoms with E-state index in [2.05, 4.69) is 17.8 Å². The van der Waals surface area contributed by atoms with E-state index in [1.165, 1.54) is 38.1 Å². The van der Waals surface area contributed by atoms with Crippen molar-refractivity contribution < 1.29 is 0 Å². The van der Waals surface area contributed by atoms with Gasteiger partial charge in [0.05, 0.1) is 0 Å². The van der Waals surface area contributed by atoms with Gasteiger partial charge in [-0.05, 0) is 56.5 Å². The van der Waals surface area contributed by atoms with Gasteiger partial charge in [0, 0.05) is 0 Å². The number of nitrogens with one attached hydrogen (secondary N) is 1. The van der Waals surface area contributed by atoms with E-state index >= 15 is 0 Å². The summed E-state index contributed by atoms with van der Waals surface area (Å²) in [5.74, 6) is 2.53. The molecule has 2 heteroatoms. The molecule has 1 aliphatic heterocycles. The summed E-state index contributed by atoms with van der Waals surface area (Å²) in [4.78, 5) is 0. The van der Waals surface area contributed by atoms with Crippen molar-refractivity contribution in [3.05, 3.63) is 0 Å². The zero-order valence-corrected chi connectivity index (χ0v) is 8.66. The summed E-state index contributed by atoms with van der Waals surface area (Å²) in [6.45, 7) is 2.51. The first-order chi connectivity index (χ1) is 5.29. The Bertz CT molecular complexity index is 95.7. The van der Waals surface area contributed by atoms with Crippen molar-refractivity contribution in [2.75, 3.05) is 31.4 Å². The topological polar surface area (TPSA) is 12.0 Å². The van der Waals surface area contributed by atoms with Gasteiger partial charge in [-0.15, -0.1) is 0 Å². The Morgan fingerprint density at radius 3 is 2.82 bits per heavy atom. The first-order valence-corrected chi connectivity index (χ1v) is 7.06. The van der Waals surface area contributed by atoms with Crippen molar-refractivity contribution in [1.82, 2.24) is 5.32 Å². The fourth-order valence-electron chi connectivity index (χ4n) is 1.79. The summed E-state index contributed by atoms with van der Waals surface area (Å²) in [7, 11) is 0.337. The molecule has 1 unspecified atom stereocenters. The molecule has 0 saturated carbocycles. The molecule has 1 saturated heterocycles. The maximum atomic E-state index is 3.46. The molecule has 11 heavy (non-hydrogen) atoms. The van der Waals surface area contributed by atoms with Crippen LogP contribution in [-0.4, -0.2) is 31.4 Å². The third-order valence-corrected chi connectivity index (χ3v) is 3.57. The molecule has 0 aromatic heterocycles. The lowest BCUT2D eigenvalue weighted by molar-refractivity contribution is 0.527. The normalized spacial score (nSPS) is 27.8. The largest absolute Gasteiger partial charge is 0.317 e. The highest BCUT2D eigenvalue weighted by Gasteiger charge is 2.11. The van der Waals surface area contributed by atoms with Crippen LogP contribution >= 0.6 is 10.9 Å². The molecule has 68 valence electrons. The molecule has 0 aliphatic carbocycles. The van der Waals surface area contributed by atoms with Crippen LogP contribution in [0.1, 0.15) is 19.3 Å². The molecule has 0 amide bonds. The van der Waals surface area contributed by atoms with Crippen LogP contribution in [0.25, 0.3) is 0 Å². The molecule has 1 fully saturated rings. The van der Waals surface area contributed by atoms with Crippen molar-refractivity contribution in [3.63, 3.8) is 0 Å². The van der Waals surface area contributed by atoms with Crippen molar-refractivity contribution in [2.45, 2.75) is 19.3 Å². The average Bonchev–Trinajstić information content (AvgIpc) is 2.14. The second-order valence-corrected chi connectivity index (χ2v) is 6.33. The van der Waals surface area contributed by atoms with Gasteiger partial charge in [0.1, 0.15) is 0 Å². The fraction of sp³-hybridized carbons (Fsp3) is 1.00. The summed E-state index contributed by atoms with van der Waals surface area (Å²) in [6.07, 6.45) is 9.07. The maximum Gasteiger partial charge on any atom is -0.00460 e. The van der Waals surface area contributed by atoms with Gasteiger partial charge in [-0.25, -0.2) is 0 Å². The summed E-state index contributed by atoms with van der Waals surface area (Å²) in [6, 6.07) is 0. The lowest BCUT2D eigenvalue weighted by Crippen LogP contribution is -2.14. The molecule has 1 heterocycles. The summed E-state index contributed by atoms with van der Waals surface area (Å²) in [5.41, 5.74) is 0. The molecule has 1 rings (SSSR count). The molecule has 1 N–H and O–H groups in total. The Balaban J connectivity index is 2.20. The zero-order chi connectivity index (χ0) is 8.10. The van der Waals surface area contributed by atoms with Gasteiger partial charge >= 0.3 is 0 Å². The molecule has 0 bridgehead atoms. The van der Waals surface area contributed by atoms with E-state index < -0.39 is 0 Å². The minimum atomic E-state index is 0.337. The standard InChI is InChI=1S/C9H21NS/c1-11(2)8-9-4-3-6-10-7-5-9/h9-11H,3-8H2,1-2H3. The van der Waals surface area contributed by atoms with E-state index in [0.717, 1.165) is 5.92 Å². The van der Waals surface area contributed by atoms with Gasteiger partial charge in [-0.3, -0.25) is 10.9 Å².